The Labute approximate surface area is 132 Å². The molecule has 120 valence electrons. The smallest absolute Gasteiger partial charge is 0.388 e. The van der Waals surface area contributed by atoms with Gasteiger partial charge in [-0.2, -0.15) is 13.2 Å². The molecule has 1 atom stereocenters. The first-order valence-electron chi connectivity index (χ1n) is 7.41. The highest BCUT2D eigenvalue weighted by atomic mass is 79.9. The molecule has 0 aliphatic rings. The van der Waals surface area contributed by atoms with Gasteiger partial charge in [0.25, 0.3) is 0 Å². The van der Waals surface area contributed by atoms with Crippen LogP contribution in [0.15, 0.2) is 22.7 Å². The number of alkyl halides is 3. The molecule has 1 nitrogen and oxygen atoms in total. The monoisotopic (exact) mass is 366 g/mol. The predicted molar refractivity (Wildman–Crippen MR) is 82.1 cm³/mol. The van der Waals surface area contributed by atoms with Crippen LogP contribution in [-0.2, 0) is 6.18 Å². The van der Waals surface area contributed by atoms with Gasteiger partial charge in [-0.1, -0.05) is 67.4 Å². The van der Waals surface area contributed by atoms with Gasteiger partial charge in [0, 0.05) is 4.47 Å². The summed E-state index contributed by atoms with van der Waals surface area (Å²) in [6.45, 7) is 2.13. The van der Waals surface area contributed by atoms with E-state index < -0.39 is 17.8 Å². The lowest BCUT2D eigenvalue weighted by atomic mass is 9.97. The summed E-state index contributed by atoms with van der Waals surface area (Å²) in [4.78, 5) is 0. The highest BCUT2D eigenvalue weighted by Gasteiger charge is 2.35. The number of aliphatic hydroxyl groups is 1. The average Bonchev–Trinajstić information content (AvgIpc) is 2.41. The maximum atomic E-state index is 13.0. The van der Waals surface area contributed by atoms with Crippen LogP contribution in [0, 0.1) is 0 Å². The lowest BCUT2D eigenvalue weighted by Gasteiger charge is -2.18. The molecule has 1 N–H and O–H groups in total. The Balaban J connectivity index is 2.60. The molecule has 0 radical (unpaired) electrons. The molecule has 21 heavy (non-hydrogen) atoms. The van der Waals surface area contributed by atoms with Crippen LogP contribution in [0.3, 0.4) is 0 Å². The van der Waals surface area contributed by atoms with Gasteiger partial charge in [0.2, 0.25) is 0 Å². The fraction of sp³-hybridized carbons (Fsp3) is 0.625. The molecule has 0 aromatic heterocycles. The normalized spacial score (nSPS) is 13.4. The van der Waals surface area contributed by atoms with E-state index in [4.69, 9.17) is 0 Å². The standard InChI is InChI=1S/C16H22BrF3O/c1-2-3-4-5-6-7-8-15(21)13-10-9-12(17)11-14(13)16(18,19)20/h9-11,15,21H,2-8H2,1H3. The molecule has 0 fully saturated rings. The van der Waals surface area contributed by atoms with Crippen molar-refractivity contribution in [3.63, 3.8) is 0 Å². The van der Waals surface area contributed by atoms with Crippen molar-refractivity contribution in [1.29, 1.82) is 0 Å². The third-order valence-electron chi connectivity index (χ3n) is 3.51. The molecule has 0 saturated heterocycles. The van der Waals surface area contributed by atoms with Gasteiger partial charge in [-0.25, -0.2) is 0 Å². The zero-order valence-electron chi connectivity index (χ0n) is 12.2. The zero-order valence-corrected chi connectivity index (χ0v) is 13.8. The third kappa shape index (κ3) is 6.39. The minimum atomic E-state index is -4.44. The Kier molecular flexibility index (Phi) is 7.74. The molecule has 0 aliphatic carbocycles. The molecule has 0 saturated carbocycles. The van der Waals surface area contributed by atoms with Crippen LogP contribution in [0.25, 0.3) is 0 Å². The predicted octanol–water partition coefficient (Wildman–Crippen LogP) is 6.25. The van der Waals surface area contributed by atoms with Gasteiger partial charge in [0.05, 0.1) is 11.7 Å². The van der Waals surface area contributed by atoms with Gasteiger partial charge in [-0.15, -0.1) is 0 Å². The second-order valence-electron chi connectivity index (χ2n) is 5.30. The van der Waals surface area contributed by atoms with Crippen molar-refractivity contribution >= 4 is 15.9 Å². The summed E-state index contributed by atoms with van der Waals surface area (Å²) in [5.41, 5.74) is -0.783. The molecule has 1 rings (SSSR count). The quantitative estimate of drug-likeness (QED) is 0.538. The first kappa shape index (κ1) is 18.5. The maximum Gasteiger partial charge on any atom is 0.416 e. The van der Waals surface area contributed by atoms with E-state index in [1.54, 1.807) is 0 Å². The van der Waals surface area contributed by atoms with Crippen molar-refractivity contribution in [2.24, 2.45) is 0 Å². The van der Waals surface area contributed by atoms with Crippen LogP contribution in [-0.4, -0.2) is 5.11 Å². The summed E-state index contributed by atoms with van der Waals surface area (Å²) in [5.74, 6) is 0. The summed E-state index contributed by atoms with van der Waals surface area (Å²) in [5, 5.41) is 10.0. The Morgan fingerprint density at radius 1 is 1.10 bits per heavy atom. The number of benzene rings is 1. The summed E-state index contributed by atoms with van der Waals surface area (Å²) in [6.07, 6.45) is 1.15. The molecular formula is C16H22BrF3O. The largest absolute Gasteiger partial charge is 0.416 e. The highest BCUT2D eigenvalue weighted by molar-refractivity contribution is 9.10. The number of hydrogen-bond donors (Lipinski definition) is 1. The van der Waals surface area contributed by atoms with Crippen LogP contribution < -0.4 is 0 Å². The van der Waals surface area contributed by atoms with Gasteiger partial charge >= 0.3 is 6.18 Å². The molecule has 0 amide bonds. The first-order valence-corrected chi connectivity index (χ1v) is 8.20. The number of unbranched alkanes of at least 4 members (excludes halogenated alkanes) is 5. The molecular weight excluding hydrogens is 345 g/mol. The van der Waals surface area contributed by atoms with Crippen molar-refractivity contribution in [2.75, 3.05) is 0 Å². The zero-order chi connectivity index (χ0) is 15.9. The van der Waals surface area contributed by atoms with Gasteiger partial charge in [-0.05, 0) is 24.1 Å². The minimum Gasteiger partial charge on any atom is -0.388 e. The summed E-state index contributed by atoms with van der Waals surface area (Å²) in [6, 6.07) is 3.92. The van der Waals surface area contributed by atoms with Crippen LogP contribution in [0.1, 0.15) is 69.1 Å². The highest BCUT2D eigenvalue weighted by Crippen LogP contribution is 2.37. The number of halogens is 4. The third-order valence-corrected chi connectivity index (χ3v) is 4.00. The van der Waals surface area contributed by atoms with E-state index in [0.717, 1.165) is 38.2 Å². The Morgan fingerprint density at radius 3 is 2.33 bits per heavy atom. The molecule has 1 unspecified atom stereocenters. The number of rotatable bonds is 8. The topological polar surface area (TPSA) is 20.2 Å². The second-order valence-corrected chi connectivity index (χ2v) is 6.22. The number of hydrogen-bond acceptors (Lipinski definition) is 1. The van der Waals surface area contributed by atoms with Crippen molar-refractivity contribution < 1.29 is 18.3 Å². The van der Waals surface area contributed by atoms with E-state index in [0.29, 0.717) is 10.9 Å². The van der Waals surface area contributed by atoms with Gasteiger partial charge in [0.1, 0.15) is 0 Å². The summed E-state index contributed by atoms with van der Waals surface area (Å²) < 4.78 is 39.3. The summed E-state index contributed by atoms with van der Waals surface area (Å²) >= 11 is 3.04. The van der Waals surface area contributed by atoms with Crippen LogP contribution in [0.4, 0.5) is 13.2 Å². The number of aliphatic hydroxyl groups excluding tert-OH is 1. The van der Waals surface area contributed by atoms with E-state index in [-0.39, 0.29) is 5.56 Å². The van der Waals surface area contributed by atoms with E-state index in [2.05, 4.69) is 22.9 Å². The Bertz CT molecular complexity index is 432. The molecule has 1 aromatic rings. The van der Waals surface area contributed by atoms with Crippen molar-refractivity contribution in [2.45, 2.75) is 64.1 Å². The van der Waals surface area contributed by atoms with Gasteiger partial charge in [0.15, 0.2) is 0 Å². The summed E-state index contributed by atoms with van der Waals surface area (Å²) in [7, 11) is 0. The van der Waals surface area contributed by atoms with Crippen molar-refractivity contribution in [1.82, 2.24) is 0 Å². The maximum absolute atomic E-state index is 13.0. The van der Waals surface area contributed by atoms with E-state index in [1.165, 1.54) is 18.6 Å². The van der Waals surface area contributed by atoms with Gasteiger partial charge < -0.3 is 5.11 Å². The van der Waals surface area contributed by atoms with Gasteiger partial charge in [-0.3, -0.25) is 0 Å². The van der Waals surface area contributed by atoms with Crippen molar-refractivity contribution in [3.05, 3.63) is 33.8 Å². The van der Waals surface area contributed by atoms with E-state index in [1.807, 2.05) is 0 Å². The van der Waals surface area contributed by atoms with Crippen LogP contribution in [0.5, 0.6) is 0 Å². The minimum absolute atomic E-state index is 0.0285. The fourth-order valence-corrected chi connectivity index (χ4v) is 2.70. The lowest BCUT2D eigenvalue weighted by molar-refractivity contribution is -0.139. The SMILES string of the molecule is CCCCCCCCC(O)c1ccc(Br)cc1C(F)(F)F. The molecule has 5 heteroatoms. The second kappa shape index (κ2) is 8.79. The van der Waals surface area contributed by atoms with E-state index >= 15 is 0 Å². The Hall–Kier alpha value is -0.550. The molecule has 0 spiro atoms. The lowest BCUT2D eigenvalue weighted by Crippen LogP contribution is -2.12. The molecule has 1 aromatic carbocycles. The molecule has 0 aliphatic heterocycles. The van der Waals surface area contributed by atoms with Crippen LogP contribution >= 0.6 is 15.9 Å². The van der Waals surface area contributed by atoms with E-state index in [9.17, 15) is 18.3 Å². The fourth-order valence-electron chi connectivity index (χ4n) is 2.34. The van der Waals surface area contributed by atoms with Crippen LogP contribution in [0.2, 0.25) is 0 Å². The molecule has 0 bridgehead atoms. The Morgan fingerprint density at radius 2 is 1.71 bits per heavy atom. The molecule has 0 heterocycles. The first-order chi connectivity index (χ1) is 9.86. The van der Waals surface area contributed by atoms with Crippen molar-refractivity contribution in [3.8, 4) is 0 Å². The average molecular weight is 367 g/mol.